The zero-order valence-electron chi connectivity index (χ0n) is 13.7. The molecule has 0 aliphatic carbocycles. The van der Waals surface area contributed by atoms with Crippen molar-refractivity contribution in [3.63, 3.8) is 0 Å². The van der Waals surface area contributed by atoms with Crippen LogP contribution in [0.1, 0.15) is 29.6 Å². The molecule has 0 bridgehead atoms. The highest BCUT2D eigenvalue weighted by molar-refractivity contribution is 6.05. The van der Waals surface area contributed by atoms with E-state index in [-0.39, 0.29) is 17.6 Å². The third-order valence-electron chi connectivity index (χ3n) is 4.41. The molecule has 2 heterocycles. The monoisotopic (exact) mass is 329 g/mol. The number of nitrogens with zero attached hydrogens (tertiary/aromatic N) is 1. The van der Waals surface area contributed by atoms with Gasteiger partial charge in [0.15, 0.2) is 0 Å². The highest BCUT2D eigenvalue weighted by atomic mass is 16.5. The zero-order valence-corrected chi connectivity index (χ0v) is 13.7. The lowest BCUT2D eigenvalue weighted by Crippen LogP contribution is -2.41. The molecule has 24 heavy (non-hydrogen) atoms. The number of likely N-dealkylation sites (tertiary alicyclic amines) is 1. The Morgan fingerprint density at radius 1 is 1.29 bits per heavy atom. The minimum Gasteiger partial charge on any atom is -0.378 e. The first-order valence-corrected chi connectivity index (χ1v) is 8.42. The summed E-state index contributed by atoms with van der Waals surface area (Å²) >= 11 is 0. The van der Waals surface area contributed by atoms with E-state index in [0.717, 1.165) is 24.6 Å². The number of rotatable bonds is 5. The fourth-order valence-electron chi connectivity index (χ4n) is 3.11. The van der Waals surface area contributed by atoms with Crippen molar-refractivity contribution >= 4 is 16.8 Å². The molecule has 3 rings (SSSR count). The van der Waals surface area contributed by atoms with Gasteiger partial charge in [-0.25, -0.2) is 0 Å². The van der Waals surface area contributed by atoms with E-state index in [4.69, 9.17) is 10.5 Å². The van der Waals surface area contributed by atoms with Crippen LogP contribution in [0, 0.1) is 0 Å². The Hall–Kier alpha value is -2.18. The molecule has 128 valence electrons. The summed E-state index contributed by atoms with van der Waals surface area (Å²) in [7, 11) is 0. The Morgan fingerprint density at radius 2 is 2.04 bits per heavy atom. The fraction of sp³-hybridized carbons (Fsp3) is 0.444. The SMILES string of the molecule is NCCCOC1CCN(C(=O)c2cc(=O)[nH]c3ccccc23)CC1. The van der Waals surface area contributed by atoms with E-state index in [1.165, 1.54) is 6.07 Å². The highest BCUT2D eigenvalue weighted by Gasteiger charge is 2.25. The highest BCUT2D eigenvalue weighted by Crippen LogP contribution is 2.20. The van der Waals surface area contributed by atoms with Gasteiger partial charge in [-0.3, -0.25) is 9.59 Å². The first-order valence-electron chi connectivity index (χ1n) is 8.42. The first kappa shape index (κ1) is 16.7. The minimum atomic E-state index is -0.253. The molecule has 6 nitrogen and oxygen atoms in total. The topological polar surface area (TPSA) is 88.4 Å². The second-order valence-electron chi connectivity index (χ2n) is 6.10. The molecule has 1 aromatic heterocycles. The maximum absolute atomic E-state index is 12.8. The van der Waals surface area contributed by atoms with E-state index < -0.39 is 0 Å². The molecule has 0 spiro atoms. The molecule has 1 aromatic carbocycles. The molecule has 0 unspecified atom stereocenters. The van der Waals surface area contributed by atoms with E-state index in [1.54, 1.807) is 0 Å². The summed E-state index contributed by atoms with van der Waals surface area (Å²) in [5, 5.41) is 0.781. The average molecular weight is 329 g/mol. The number of nitrogens with one attached hydrogen (secondary N) is 1. The lowest BCUT2D eigenvalue weighted by Gasteiger charge is -2.32. The van der Waals surface area contributed by atoms with Crippen molar-refractivity contribution in [2.75, 3.05) is 26.2 Å². The first-order chi connectivity index (χ1) is 11.7. The minimum absolute atomic E-state index is 0.0855. The summed E-state index contributed by atoms with van der Waals surface area (Å²) in [5.41, 5.74) is 6.37. The van der Waals surface area contributed by atoms with Gasteiger partial charge in [-0.05, 0) is 31.9 Å². The molecule has 0 radical (unpaired) electrons. The number of amides is 1. The lowest BCUT2D eigenvalue weighted by molar-refractivity contribution is 0.00849. The van der Waals surface area contributed by atoms with Crippen molar-refractivity contribution in [1.29, 1.82) is 0 Å². The smallest absolute Gasteiger partial charge is 0.254 e. The van der Waals surface area contributed by atoms with Crippen molar-refractivity contribution in [1.82, 2.24) is 9.88 Å². The molecule has 6 heteroatoms. The molecule has 3 N–H and O–H groups in total. The fourth-order valence-corrected chi connectivity index (χ4v) is 3.11. The number of hydrogen-bond acceptors (Lipinski definition) is 4. The van der Waals surface area contributed by atoms with Crippen molar-refractivity contribution in [3.05, 3.63) is 46.2 Å². The number of para-hydroxylation sites is 1. The summed E-state index contributed by atoms with van der Waals surface area (Å²) in [4.78, 5) is 29.3. The molecule has 1 saturated heterocycles. The number of carbonyl (C=O) groups excluding carboxylic acids is 1. The number of piperidine rings is 1. The number of pyridine rings is 1. The average Bonchev–Trinajstić information content (AvgIpc) is 2.61. The van der Waals surface area contributed by atoms with E-state index in [0.29, 0.717) is 37.3 Å². The van der Waals surface area contributed by atoms with E-state index in [9.17, 15) is 9.59 Å². The van der Waals surface area contributed by atoms with Crippen molar-refractivity contribution in [2.24, 2.45) is 5.73 Å². The Kier molecular flexibility index (Phi) is 5.27. The van der Waals surface area contributed by atoms with Gasteiger partial charge in [-0.1, -0.05) is 18.2 Å². The molecule has 0 atom stereocenters. The predicted molar refractivity (Wildman–Crippen MR) is 93.1 cm³/mol. The van der Waals surface area contributed by atoms with Crippen LogP contribution in [0.4, 0.5) is 0 Å². The van der Waals surface area contributed by atoms with Crippen LogP contribution in [0.5, 0.6) is 0 Å². The molecule has 1 fully saturated rings. The molecular formula is C18H23N3O3. The van der Waals surface area contributed by atoms with Gasteiger partial charge in [-0.2, -0.15) is 0 Å². The number of aromatic nitrogens is 1. The maximum atomic E-state index is 12.8. The van der Waals surface area contributed by atoms with Gasteiger partial charge in [0.05, 0.1) is 11.7 Å². The predicted octanol–water partition coefficient (Wildman–Crippen LogP) is 1.50. The van der Waals surface area contributed by atoms with Crippen molar-refractivity contribution in [2.45, 2.75) is 25.4 Å². The molecule has 2 aromatic rings. The zero-order chi connectivity index (χ0) is 16.9. The number of fused-ring (bicyclic) bond motifs is 1. The van der Waals surface area contributed by atoms with Gasteiger partial charge in [0.25, 0.3) is 5.91 Å². The Morgan fingerprint density at radius 3 is 2.79 bits per heavy atom. The summed E-state index contributed by atoms with van der Waals surface area (Å²) in [6, 6.07) is 8.78. The summed E-state index contributed by atoms with van der Waals surface area (Å²) in [6.45, 7) is 2.60. The van der Waals surface area contributed by atoms with Crippen LogP contribution in [-0.2, 0) is 4.74 Å². The summed E-state index contributed by atoms with van der Waals surface area (Å²) < 4.78 is 5.77. The van der Waals surface area contributed by atoms with Crippen LogP contribution >= 0.6 is 0 Å². The third kappa shape index (κ3) is 3.66. The van der Waals surface area contributed by atoms with Gasteiger partial charge >= 0.3 is 0 Å². The molecule has 1 aliphatic rings. The van der Waals surface area contributed by atoms with E-state index in [2.05, 4.69) is 4.98 Å². The second kappa shape index (κ2) is 7.59. The second-order valence-corrected chi connectivity index (χ2v) is 6.10. The third-order valence-corrected chi connectivity index (χ3v) is 4.41. The Balaban J connectivity index is 1.71. The van der Waals surface area contributed by atoms with E-state index >= 15 is 0 Å². The van der Waals surface area contributed by atoms with E-state index in [1.807, 2.05) is 29.2 Å². The van der Waals surface area contributed by atoms with Crippen molar-refractivity contribution < 1.29 is 9.53 Å². The number of aromatic amines is 1. The standard InChI is InChI=1S/C18H23N3O3/c19-8-3-11-24-13-6-9-21(10-7-13)18(23)15-12-17(22)20-16-5-2-1-4-14(15)16/h1-2,4-5,12-13H,3,6-11,19H2,(H,20,22). The van der Waals surface area contributed by atoms with Crippen LogP contribution < -0.4 is 11.3 Å². The van der Waals surface area contributed by atoms with Gasteiger partial charge in [-0.15, -0.1) is 0 Å². The molecule has 0 saturated carbocycles. The largest absolute Gasteiger partial charge is 0.378 e. The Labute approximate surface area is 140 Å². The molecular weight excluding hydrogens is 306 g/mol. The van der Waals surface area contributed by atoms with Crippen LogP contribution in [0.2, 0.25) is 0 Å². The normalized spacial score (nSPS) is 15.8. The summed E-state index contributed by atoms with van der Waals surface area (Å²) in [6.07, 6.45) is 2.68. The van der Waals surface area contributed by atoms with Crippen LogP contribution in [0.25, 0.3) is 10.9 Å². The molecule has 1 aliphatic heterocycles. The lowest BCUT2D eigenvalue weighted by atomic mass is 10.0. The number of carbonyl (C=O) groups is 1. The van der Waals surface area contributed by atoms with Crippen LogP contribution in [0.3, 0.4) is 0 Å². The maximum Gasteiger partial charge on any atom is 0.254 e. The molecule has 1 amide bonds. The Bertz CT molecular complexity index is 763. The van der Waals surface area contributed by atoms with Crippen LogP contribution in [-0.4, -0.2) is 48.1 Å². The number of nitrogens with two attached hydrogens (primary N) is 1. The van der Waals surface area contributed by atoms with Gasteiger partial charge in [0.2, 0.25) is 5.56 Å². The van der Waals surface area contributed by atoms with Crippen LogP contribution in [0.15, 0.2) is 35.1 Å². The van der Waals surface area contributed by atoms with Gasteiger partial charge in [0, 0.05) is 36.7 Å². The van der Waals surface area contributed by atoms with Gasteiger partial charge < -0.3 is 20.4 Å². The number of benzene rings is 1. The number of ether oxygens (including phenoxy) is 1. The van der Waals surface area contributed by atoms with Crippen molar-refractivity contribution in [3.8, 4) is 0 Å². The summed E-state index contributed by atoms with van der Waals surface area (Å²) in [5.74, 6) is -0.0855. The quantitative estimate of drug-likeness (QED) is 0.814. The number of H-pyrrole nitrogens is 1. The number of hydrogen-bond donors (Lipinski definition) is 2. The van der Waals surface area contributed by atoms with Gasteiger partial charge in [0.1, 0.15) is 0 Å².